The second-order valence-electron chi connectivity index (χ2n) is 7.45. The lowest BCUT2D eigenvalue weighted by atomic mass is 10.0. The molecule has 30 heavy (non-hydrogen) atoms. The van der Waals surface area contributed by atoms with Gasteiger partial charge in [-0.3, -0.25) is 0 Å². The van der Waals surface area contributed by atoms with E-state index in [0.717, 1.165) is 10.7 Å². The first-order valence-electron chi connectivity index (χ1n) is 10.7. The molecule has 3 heteroatoms. The topological polar surface area (TPSA) is 12.4 Å². The third-order valence-electron chi connectivity index (χ3n) is 5.12. The number of hydrogen-bond donors (Lipinski definition) is 0. The molecular formula is C27H27NS2. The SMILES string of the molecule is C(=C(/Sc1ccccc1)c1ccccc1)/C(=N/c1ccccc1)SC1CCCCC1. The van der Waals surface area contributed by atoms with Crippen molar-refractivity contribution in [3.05, 3.63) is 103 Å². The van der Waals surface area contributed by atoms with Crippen molar-refractivity contribution >= 4 is 39.2 Å². The van der Waals surface area contributed by atoms with Crippen LogP contribution in [-0.2, 0) is 0 Å². The maximum atomic E-state index is 5.05. The molecule has 0 saturated heterocycles. The summed E-state index contributed by atoms with van der Waals surface area (Å²) in [6.45, 7) is 0. The lowest BCUT2D eigenvalue weighted by molar-refractivity contribution is 0.517. The molecule has 0 amide bonds. The van der Waals surface area contributed by atoms with Gasteiger partial charge in [-0.2, -0.15) is 0 Å². The molecule has 0 atom stereocenters. The van der Waals surface area contributed by atoms with E-state index < -0.39 is 0 Å². The van der Waals surface area contributed by atoms with Crippen molar-refractivity contribution in [1.29, 1.82) is 0 Å². The summed E-state index contributed by atoms with van der Waals surface area (Å²) in [5.74, 6) is 0. The van der Waals surface area contributed by atoms with E-state index in [4.69, 9.17) is 4.99 Å². The Morgan fingerprint density at radius 2 is 1.33 bits per heavy atom. The van der Waals surface area contributed by atoms with Crippen molar-refractivity contribution in [3.8, 4) is 0 Å². The number of thioether (sulfide) groups is 2. The van der Waals surface area contributed by atoms with Crippen LogP contribution in [-0.4, -0.2) is 10.3 Å². The molecule has 1 saturated carbocycles. The van der Waals surface area contributed by atoms with Crippen LogP contribution in [0.1, 0.15) is 37.7 Å². The molecule has 0 aromatic heterocycles. The van der Waals surface area contributed by atoms with E-state index in [-0.39, 0.29) is 0 Å². The summed E-state index contributed by atoms with van der Waals surface area (Å²) in [6.07, 6.45) is 8.92. The van der Waals surface area contributed by atoms with Gasteiger partial charge in [-0.05, 0) is 48.7 Å². The van der Waals surface area contributed by atoms with Crippen molar-refractivity contribution in [3.63, 3.8) is 0 Å². The highest BCUT2D eigenvalue weighted by molar-refractivity contribution is 8.15. The molecule has 0 N–H and O–H groups in total. The van der Waals surface area contributed by atoms with E-state index >= 15 is 0 Å². The van der Waals surface area contributed by atoms with Gasteiger partial charge < -0.3 is 0 Å². The Balaban J connectivity index is 1.69. The Bertz CT molecular complexity index is 960. The van der Waals surface area contributed by atoms with Crippen molar-refractivity contribution in [1.82, 2.24) is 0 Å². The quantitative estimate of drug-likeness (QED) is 0.221. The second kappa shape index (κ2) is 11.2. The third kappa shape index (κ3) is 6.38. The molecule has 4 rings (SSSR count). The number of nitrogens with zero attached hydrogens (tertiary/aromatic N) is 1. The normalized spacial score (nSPS) is 15.9. The zero-order valence-corrected chi connectivity index (χ0v) is 18.7. The van der Waals surface area contributed by atoms with Gasteiger partial charge in [0, 0.05) is 15.1 Å². The molecule has 152 valence electrons. The first kappa shape index (κ1) is 21.0. The van der Waals surface area contributed by atoms with Crippen LogP contribution >= 0.6 is 23.5 Å². The Morgan fingerprint density at radius 3 is 2.00 bits per heavy atom. The Morgan fingerprint density at radius 1 is 0.733 bits per heavy atom. The molecule has 1 aliphatic carbocycles. The average Bonchev–Trinajstić information content (AvgIpc) is 2.81. The minimum absolute atomic E-state index is 0.663. The summed E-state index contributed by atoms with van der Waals surface area (Å²) in [5.41, 5.74) is 2.25. The van der Waals surface area contributed by atoms with Gasteiger partial charge in [0.15, 0.2) is 0 Å². The van der Waals surface area contributed by atoms with Crippen molar-refractivity contribution in [2.24, 2.45) is 4.99 Å². The molecule has 0 aliphatic heterocycles. The molecule has 3 aromatic carbocycles. The fourth-order valence-electron chi connectivity index (χ4n) is 3.58. The number of benzene rings is 3. The minimum atomic E-state index is 0.663. The van der Waals surface area contributed by atoms with Gasteiger partial charge in [0.2, 0.25) is 0 Å². The molecule has 1 aliphatic rings. The van der Waals surface area contributed by atoms with Crippen LogP contribution in [0.15, 0.2) is 107 Å². The Hall–Kier alpha value is -2.23. The van der Waals surface area contributed by atoms with Crippen LogP contribution < -0.4 is 0 Å². The predicted molar refractivity (Wildman–Crippen MR) is 135 cm³/mol. The molecule has 0 unspecified atom stereocenters. The average molecular weight is 430 g/mol. The van der Waals surface area contributed by atoms with Crippen molar-refractivity contribution < 1.29 is 0 Å². The van der Waals surface area contributed by atoms with Crippen molar-refractivity contribution in [2.45, 2.75) is 42.2 Å². The third-order valence-corrected chi connectivity index (χ3v) is 7.46. The summed E-state index contributed by atoms with van der Waals surface area (Å²) >= 11 is 3.76. The highest BCUT2D eigenvalue weighted by Crippen LogP contribution is 2.37. The fourth-order valence-corrected chi connectivity index (χ4v) is 5.88. The zero-order valence-electron chi connectivity index (χ0n) is 17.1. The van der Waals surface area contributed by atoms with E-state index in [9.17, 15) is 0 Å². The smallest absolute Gasteiger partial charge is 0.0981 e. The van der Waals surface area contributed by atoms with Gasteiger partial charge >= 0.3 is 0 Å². The van der Waals surface area contributed by atoms with Crippen LogP contribution in [0.5, 0.6) is 0 Å². The minimum Gasteiger partial charge on any atom is -0.242 e. The Labute approximate surface area is 188 Å². The molecule has 0 bridgehead atoms. The van der Waals surface area contributed by atoms with Crippen LogP contribution in [0.2, 0.25) is 0 Å². The lowest BCUT2D eigenvalue weighted by Gasteiger charge is -2.21. The summed E-state index contributed by atoms with van der Waals surface area (Å²) in [4.78, 5) is 7.53. The first-order chi connectivity index (χ1) is 14.9. The summed E-state index contributed by atoms with van der Waals surface area (Å²) in [5, 5.41) is 1.77. The molecule has 0 radical (unpaired) electrons. The molecule has 0 heterocycles. The van der Waals surface area contributed by atoms with E-state index in [0.29, 0.717) is 5.25 Å². The van der Waals surface area contributed by atoms with Crippen LogP contribution in [0.3, 0.4) is 0 Å². The van der Waals surface area contributed by atoms with E-state index in [1.807, 2.05) is 29.6 Å². The van der Waals surface area contributed by atoms with Gasteiger partial charge in [-0.25, -0.2) is 4.99 Å². The van der Waals surface area contributed by atoms with Gasteiger partial charge in [0.05, 0.1) is 10.7 Å². The second-order valence-corrected chi connectivity index (χ2v) is 9.89. The van der Waals surface area contributed by atoms with E-state index in [2.05, 4.69) is 91.0 Å². The zero-order chi connectivity index (χ0) is 20.4. The van der Waals surface area contributed by atoms with Gasteiger partial charge in [-0.1, -0.05) is 97.8 Å². The number of para-hydroxylation sites is 1. The van der Waals surface area contributed by atoms with Crippen molar-refractivity contribution in [2.75, 3.05) is 0 Å². The molecule has 1 nitrogen and oxygen atoms in total. The molecule has 0 spiro atoms. The van der Waals surface area contributed by atoms with Crippen LogP contribution in [0, 0.1) is 0 Å². The number of rotatable bonds is 6. The van der Waals surface area contributed by atoms with E-state index in [1.165, 1.54) is 47.5 Å². The van der Waals surface area contributed by atoms with Gasteiger partial charge in [0.25, 0.3) is 0 Å². The Kier molecular flexibility index (Phi) is 7.88. The molecule has 3 aromatic rings. The highest BCUT2D eigenvalue weighted by atomic mass is 32.2. The van der Waals surface area contributed by atoms with E-state index in [1.54, 1.807) is 0 Å². The lowest BCUT2D eigenvalue weighted by Crippen LogP contribution is -2.10. The fraction of sp³-hybridized carbons (Fsp3) is 0.222. The number of aliphatic imine (C=N–C) groups is 1. The largest absolute Gasteiger partial charge is 0.242 e. The predicted octanol–water partition coefficient (Wildman–Crippen LogP) is 8.62. The molecular weight excluding hydrogens is 402 g/mol. The van der Waals surface area contributed by atoms with Crippen LogP contribution in [0.4, 0.5) is 5.69 Å². The van der Waals surface area contributed by atoms with Gasteiger partial charge in [0.1, 0.15) is 0 Å². The summed E-state index contributed by atoms with van der Waals surface area (Å²) < 4.78 is 0. The highest BCUT2D eigenvalue weighted by Gasteiger charge is 2.17. The maximum absolute atomic E-state index is 5.05. The standard InChI is InChI=1S/C27H27NS2/c1-5-13-22(14-6-1)26(29-24-17-9-3-10-18-24)21-27(28-23-15-7-2-8-16-23)30-25-19-11-4-12-20-25/h1-3,5-10,13-18,21,25H,4,11-12,19-20H2/b26-21-,28-27-. The van der Waals surface area contributed by atoms with Crippen LogP contribution in [0.25, 0.3) is 4.91 Å². The number of hydrogen-bond acceptors (Lipinski definition) is 3. The van der Waals surface area contributed by atoms with Gasteiger partial charge in [-0.15, -0.1) is 11.8 Å². The molecule has 1 fully saturated rings. The summed E-state index contributed by atoms with van der Waals surface area (Å²) in [7, 11) is 0. The first-order valence-corrected chi connectivity index (χ1v) is 12.4. The summed E-state index contributed by atoms with van der Waals surface area (Å²) in [6, 6.07) is 31.6. The monoisotopic (exact) mass is 429 g/mol. The maximum Gasteiger partial charge on any atom is 0.0981 e.